The van der Waals surface area contributed by atoms with Crippen LogP contribution in [0, 0.1) is 5.92 Å². The highest BCUT2D eigenvalue weighted by Gasteiger charge is 2.56. The molecule has 1 saturated heterocycles. The first kappa shape index (κ1) is 76.9. The summed E-state index contributed by atoms with van der Waals surface area (Å²) in [6.07, 6.45) is -11.2. The molecule has 5 aromatic rings. The van der Waals surface area contributed by atoms with Gasteiger partial charge in [0.2, 0.25) is 23.6 Å². The van der Waals surface area contributed by atoms with Gasteiger partial charge in [-0.05, 0) is 88.5 Å². The summed E-state index contributed by atoms with van der Waals surface area (Å²) < 4.78 is 17.6. The predicted octanol–water partition coefficient (Wildman–Crippen LogP) is 1.75. The second kappa shape index (κ2) is 38.6. The molecule has 0 bridgehead atoms. The van der Waals surface area contributed by atoms with Crippen molar-refractivity contribution < 1.29 is 98.5 Å². The quantitative estimate of drug-likeness (QED) is 0.0151. The number of carbonyl (C=O) groups excluding carboxylic acids is 7. The van der Waals surface area contributed by atoms with E-state index in [1.54, 1.807) is 36.4 Å². The van der Waals surface area contributed by atoms with Crippen LogP contribution < -0.4 is 26.6 Å². The molecule has 2 aliphatic rings. The van der Waals surface area contributed by atoms with E-state index in [0.29, 0.717) is 71.8 Å². The maximum Gasteiger partial charge on any atom is 0.364 e. The smallest absolute Gasteiger partial charge is 0.364 e. The fourth-order valence-corrected chi connectivity index (χ4v) is 13.2. The number of aliphatic hydroxyl groups is 8. The van der Waals surface area contributed by atoms with Crippen LogP contribution in [0.3, 0.4) is 0 Å². The number of nitrogens with one attached hydrogen (secondary N) is 5. The van der Waals surface area contributed by atoms with Crippen molar-refractivity contribution in [3.05, 3.63) is 156 Å². The molecule has 97 heavy (non-hydrogen) atoms. The number of hydrogen-bond donors (Lipinski definition) is 14. The Bertz CT molecular complexity index is 3340. The van der Waals surface area contributed by atoms with Gasteiger partial charge in [-0.15, -0.1) is 0 Å². The zero-order chi connectivity index (χ0) is 69.9. The number of Topliss-reactive ketones (excluding diaryl/α,β-unsaturated/α-hetero) is 1. The lowest BCUT2D eigenvalue weighted by Gasteiger charge is -2.46. The first-order valence-electron chi connectivity index (χ1n) is 32.1. The normalized spacial score (nSPS) is 22.0. The minimum absolute atomic E-state index is 0.00668. The van der Waals surface area contributed by atoms with E-state index in [9.17, 15) is 84.3 Å². The molecule has 524 valence electrons. The molecule has 25 nitrogen and oxygen atoms in total. The van der Waals surface area contributed by atoms with Gasteiger partial charge in [-0.3, -0.25) is 28.8 Å². The molecule has 1 aliphatic heterocycles. The lowest BCUT2D eigenvalue weighted by Crippen LogP contribution is -2.68. The van der Waals surface area contributed by atoms with Gasteiger partial charge in [-0.25, -0.2) is 4.79 Å². The van der Waals surface area contributed by atoms with Gasteiger partial charge in [-0.1, -0.05) is 121 Å². The van der Waals surface area contributed by atoms with Crippen LogP contribution in [0.1, 0.15) is 76.8 Å². The Morgan fingerprint density at radius 2 is 1.02 bits per heavy atom. The van der Waals surface area contributed by atoms with Crippen LogP contribution in [0.5, 0.6) is 0 Å². The third-order valence-corrected chi connectivity index (χ3v) is 19.0. The number of aliphatic carboxylic acids is 1. The number of aldehydes is 1. The largest absolute Gasteiger partial charge is 0.477 e. The SMILES string of the molecule is O=C[C@]1(OCCCSCCNC(=O)c2ccc(C(=O)CCCSCCCO[C@]3(C(=O)O)C[C@H](O)[C@@H](NC(=O)CO)[C@H]([C@H](O)[C@H](O)CNC(=O)Cc4ccc(-c5ccccc5)cc4)O3)cc2)C[C@@H]([C@H](O)[C@H](O)CNC(=O)Cc2ccc(-c3ccccc3)cc2)[C@H](NC(=O)CO)[C@@H](O)C1. The average Bonchev–Trinajstić information content (AvgIpc) is 0.788. The summed E-state index contributed by atoms with van der Waals surface area (Å²) in [5, 5.41) is 109. The molecule has 0 radical (unpaired) electrons. The topological polar surface area (TPSA) is 406 Å². The maximum atomic E-state index is 13.1. The van der Waals surface area contributed by atoms with Gasteiger partial charge in [0, 0.05) is 68.3 Å². The Kier molecular flexibility index (Phi) is 30.6. The van der Waals surface area contributed by atoms with E-state index in [-0.39, 0.29) is 63.6 Å². The highest BCUT2D eigenvalue weighted by molar-refractivity contribution is 7.99. The van der Waals surface area contributed by atoms with E-state index in [0.717, 1.165) is 27.8 Å². The van der Waals surface area contributed by atoms with Gasteiger partial charge in [0.05, 0.1) is 62.1 Å². The maximum absolute atomic E-state index is 13.1. The van der Waals surface area contributed by atoms with Crippen LogP contribution in [0.2, 0.25) is 0 Å². The zero-order valence-corrected chi connectivity index (χ0v) is 55.2. The molecule has 12 atom stereocenters. The summed E-state index contributed by atoms with van der Waals surface area (Å²) in [7, 11) is 0. The Morgan fingerprint density at radius 3 is 1.55 bits per heavy atom. The van der Waals surface area contributed by atoms with Crippen LogP contribution in [-0.2, 0) is 55.8 Å². The predicted molar refractivity (Wildman–Crippen MR) is 361 cm³/mol. The second-order valence-corrected chi connectivity index (χ2v) is 26.4. The molecule has 0 unspecified atom stereocenters. The number of aliphatic hydroxyl groups excluding tert-OH is 8. The van der Waals surface area contributed by atoms with Crippen molar-refractivity contribution in [1.29, 1.82) is 0 Å². The first-order valence-corrected chi connectivity index (χ1v) is 34.4. The number of hydrogen-bond acceptors (Lipinski definition) is 21. The fraction of sp³-hybridized carbons (Fsp3) is 0.457. The molecule has 1 heterocycles. The van der Waals surface area contributed by atoms with Crippen molar-refractivity contribution in [1.82, 2.24) is 26.6 Å². The van der Waals surface area contributed by atoms with Crippen LogP contribution in [-0.4, -0.2) is 229 Å². The zero-order valence-electron chi connectivity index (χ0n) is 53.5. The average molecular weight is 1380 g/mol. The van der Waals surface area contributed by atoms with Gasteiger partial charge < -0.3 is 91.5 Å². The number of amides is 5. The van der Waals surface area contributed by atoms with Crippen molar-refractivity contribution in [2.75, 3.05) is 69.1 Å². The molecule has 0 spiro atoms. The highest BCUT2D eigenvalue weighted by Crippen LogP contribution is 2.38. The lowest BCUT2D eigenvalue weighted by atomic mass is 9.70. The van der Waals surface area contributed by atoms with Gasteiger partial charge in [-0.2, -0.15) is 23.5 Å². The molecule has 14 N–H and O–H groups in total. The highest BCUT2D eigenvalue weighted by atomic mass is 32.2. The molecule has 5 amide bonds. The fourth-order valence-electron chi connectivity index (χ4n) is 11.6. The van der Waals surface area contributed by atoms with E-state index in [1.165, 1.54) is 23.5 Å². The standard InChI is InChI=1S/C70H87N5O20S2/c76-41-60(86)74-62-52(64(88)56(82)39-72-58(84)34-44-15-19-48(20-16-44)46-10-3-1-4-11-46)36-69(43-78,37-54(62)80)93-28-8-32-97-33-27-71-67(90)51-25-23-50(24-26-51)53(79)14-7-30-96-31-9-29-94-70(68(91)92)38-55(81)63(75-61(87)42-77)66(95-70)65(89)57(83)40-73-59(85)35-45-17-21-49(22-18-45)47-12-5-2-6-13-47/h1-6,10-13,15-26,43,52,54-57,62-66,76-77,80-83,88-89H,7-9,14,27-42H2,(H,71,90)(H,72,84)(H,73,85)(H,74,86)(H,75,87)(H,91,92)/t52-,54+,55+,56-,57-,62+,63-,64+,65-,66-,69+,70-/m1/s1. The van der Waals surface area contributed by atoms with Crippen LogP contribution in [0.4, 0.5) is 0 Å². The number of benzene rings is 5. The molecular weight excluding hydrogens is 1290 g/mol. The molecule has 1 saturated carbocycles. The Labute approximate surface area is 570 Å². The number of carbonyl (C=O) groups is 8. The molecule has 1 aliphatic carbocycles. The van der Waals surface area contributed by atoms with E-state index in [4.69, 9.17) is 14.2 Å². The van der Waals surface area contributed by atoms with Crippen LogP contribution >= 0.6 is 23.5 Å². The number of ketones is 1. The number of ether oxygens (including phenoxy) is 3. The number of carboxylic acids is 1. The van der Waals surface area contributed by atoms with E-state index >= 15 is 0 Å². The van der Waals surface area contributed by atoms with Gasteiger partial charge in [0.25, 0.3) is 11.7 Å². The third-order valence-electron chi connectivity index (χ3n) is 16.8. The Morgan fingerprint density at radius 1 is 0.546 bits per heavy atom. The second-order valence-electron chi connectivity index (χ2n) is 23.9. The Hall–Kier alpha value is -7.48. The number of thioether (sulfide) groups is 2. The van der Waals surface area contributed by atoms with Crippen molar-refractivity contribution in [3.63, 3.8) is 0 Å². The minimum atomic E-state index is -2.53. The summed E-state index contributed by atoms with van der Waals surface area (Å²) in [4.78, 5) is 102. The molecule has 0 aromatic heterocycles. The van der Waals surface area contributed by atoms with Crippen molar-refractivity contribution >= 4 is 71.1 Å². The summed E-state index contributed by atoms with van der Waals surface area (Å²) in [6, 6.07) is 37.6. The number of carboxylic acid groups (broad SMARTS) is 1. The van der Waals surface area contributed by atoms with E-state index in [1.807, 2.05) is 97.1 Å². The van der Waals surface area contributed by atoms with Crippen LogP contribution in [0.15, 0.2) is 133 Å². The first-order chi connectivity index (χ1) is 46.7. The minimum Gasteiger partial charge on any atom is -0.477 e. The van der Waals surface area contributed by atoms with Crippen molar-refractivity contribution in [2.45, 2.75) is 124 Å². The molecule has 5 aromatic carbocycles. The summed E-state index contributed by atoms with van der Waals surface area (Å²) in [5.74, 6) is -6.47. The molecule has 7 rings (SSSR count). The van der Waals surface area contributed by atoms with Crippen LogP contribution in [0.25, 0.3) is 22.3 Å². The molecular formula is C70H87N5O20S2. The summed E-state index contributed by atoms with van der Waals surface area (Å²) in [6.45, 7) is -2.64. The van der Waals surface area contributed by atoms with Crippen molar-refractivity contribution in [2.24, 2.45) is 5.92 Å². The monoisotopic (exact) mass is 1380 g/mol. The Balaban J connectivity index is 0.767. The van der Waals surface area contributed by atoms with Gasteiger partial charge in [0.15, 0.2) is 12.1 Å². The van der Waals surface area contributed by atoms with Gasteiger partial charge >= 0.3 is 5.97 Å². The van der Waals surface area contributed by atoms with E-state index in [2.05, 4.69) is 26.6 Å². The number of rotatable bonds is 39. The summed E-state index contributed by atoms with van der Waals surface area (Å²) >= 11 is 2.98. The summed E-state index contributed by atoms with van der Waals surface area (Å²) in [5.41, 5.74) is 4.48. The molecule has 27 heteroatoms. The van der Waals surface area contributed by atoms with Gasteiger partial charge in [0.1, 0.15) is 31.0 Å². The van der Waals surface area contributed by atoms with Crippen molar-refractivity contribution in [3.8, 4) is 22.3 Å². The van der Waals surface area contributed by atoms with E-state index < -0.39 is 128 Å². The third kappa shape index (κ3) is 23.1. The lowest BCUT2D eigenvalue weighted by molar-refractivity contribution is -0.310. The molecule has 2 fully saturated rings.